The highest BCUT2D eigenvalue weighted by atomic mass is 16.5. The Kier molecular flexibility index (Phi) is 4.33. The van der Waals surface area contributed by atoms with Gasteiger partial charge in [0.25, 0.3) is 0 Å². The van der Waals surface area contributed by atoms with E-state index in [4.69, 9.17) is 10.5 Å². The van der Waals surface area contributed by atoms with Crippen LogP contribution in [0.15, 0.2) is 24.3 Å². The number of ether oxygens (including phenoxy) is 1. The average molecular weight is 222 g/mol. The fourth-order valence-corrected chi connectivity index (χ4v) is 1.55. The monoisotopic (exact) mass is 222 g/mol. The van der Waals surface area contributed by atoms with Crippen molar-refractivity contribution in [2.75, 3.05) is 13.7 Å². The third-order valence-electron chi connectivity index (χ3n) is 2.47. The van der Waals surface area contributed by atoms with Crippen LogP contribution >= 0.6 is 0 Å². The van der Waals surface area contributed by atoms with E-state index >= 15 is 0 Å². The van der Waals surface area contributed by atoms with Crippen molar-refractivity contribution < 1.29 is 4.74 Å². The molecule has 16 heavy (non-hydrogen) atoms. The van der Waals surface area contributed by atoms with Gasteiger partial charge in [0.05, 0.1) is 7.11 Å². The Morgan fingerprint density at radius 1 is 1.38 bits per heavy atom. The van der Waals surface area contributed by atoms with Crippen molar-refractivity contribution in [3.63, 3.8) is 0 Å². The second-order valence-corrected chi connectivity index (χ2v) is 4.83. The van der Waals surface area contributed by atoms with Gasteiger partial charge in [-0.2, -0.15) is 0 Å². The van der Waals surface area contributed by atoms with Crippen molar-refractivity contribution in [1.82, 2.24) is 5.32 Å². The summed E-state index contributed by atoms with van der Waals surface area (Å²) in [4.78, 5) is 0. The number of hydrogen-bond acceptors (Lipinski definition) is 3. The first kappa shape index (κ1) is 13.0. The molecular formula is C13H22N2O. The van der Waals surface area contributed by atoms with Crippen LogP contribution in [-0.2, 0) is 0 Å². The maximum absolute atomic E-state index is 5.94. The van der Waals surface area contributed by atoms with Crippen LogP contribution in [0.3, 0.4) is 0 Å². The molecule has 1 aromatic carbocycles. The van der Waals surface area contributed by atoms with Crippen molar-refractivity contribution in [2.45, 2.75) is 32.4 Å². The van der Waals surface area contributed by atoms with E-state index in [2.05, 4.69) is 18.3 Å². The van der Waals surface area contributed by atoms with E-state index in [1.54, 1.807) is 7.11 Å². The Balaban J connectivity index is 2.69. The standard InChI is InChI=1S/C13H22N2O/c1-10(15-9-13(2,3)14)11-7-5-6-8-12(11)16-4/h5-8,10,15H,9,14H2,1-4H3. The highest BCUT2D eigenvalue weighted by molar-refractivity contribution is 5.35. The second-order valence-electron chi connectivity index (χ2n) is 4.83. The Morgan fingerprint density at radius 3 is 2.56 bits per heavy atom. The minimum Gasteiger partial charge on any atom is -0.496 e. The Bertz CT molecular complexity index is 331. The van der Waals surface area contributed by atoms with E-state index in [-0.39, 0.29) is 11.6 Å². The van der Waals surface area contributed by atoms with Crippen molar-refractivity contribution in [3.8, 4) is 5.75 Å². The van der Waals surface area contributed by atoms with Gasteiger partial charge in [-0.15, -0.1) is 0 Å². The summed E-state index contributed by atoms with van der Waals surface area (Å²) < 4.78 is 5.33. The molecule has 0 aromatic heterocycles. The first-order chi connectivity index (χ1) is 7.44. The molecule has 0 amide bonds. The smallest absolute Gasteiger partial charge is 0.123 e. The van der Waals surface area contributed by atoms with Crippen molar-refractivity contribution in [1.29, 1.82) is 0 Å². The van der Waals surface area contributed by atoms with Gasteiger partial charge >= 0.3 is 0 Å². The predicted molar refractivity (Wildman–Crippen MR) is 67.7 cm³/mol. The Labute approximate surface area is 98.0 Å². The van der Waals surface area contributed by atoms with Crippen LogP contribution < -0.4 is 15.8 Å². The van der Waals surface area contributed by atoms with E-state index in [0.717, 1.165) is 17.9 Å². The Morgan fingerprint density at radius 2 is 2.00 bits per heavy atom. The van der Waals surface area contributed by atoms with Gasteiger partial charge in [0.1, 0.15) is 5.75 Å². The minimum atomic E-state index is -0.198. The van der Waals surface area contributed by atoms with Crippen molar-refractivity contribution in [2.24, 2.45) is 5.73 Å². The number of para-hydroxylation sites is 1. The van der Waals surface area contributed by atoms with Crippen LogP contribution in [0.4, 0.5) is 0 Å². The zero-order valence-electron chi connectivity index (χ0n) is 10.6. The molecule has 0 saturated carbocycles. The average Bonchev–Trinajstić information content (AvgIpc) is 2.25. The number of nitrogens with two attached hydrogens (primary N) is 1. The molecule has 0 heterocycles. The molecular weight excluding hydrogens is 200 g/mol. The summed E-state index contributed by atoms with van der Waals surface area (Å²) in [7, 11) is 1.69. The number of methoxy groups -OCH3 is 1. The molecule has 0 saturated heterocycles. The molecule has 3 N–H and O–H groups in total. The normalized spacial score (nSPS) is 13.6. The zero-order valence-corrected chi connectivity index (χ0v) is 10.6. The van der Waals surface area contributed by atoms with Crippen molar-refractivity contribution >= 4 is 0 Å². The largest absolute Gasteiger partial charge is 0.496 e. The van der Waals surface area contributed by atoms with Gasteiger partial charge in [-0.1, -0.05) is 18.2 Å². The van der Waals surface area contributed by atoms with Crippen LogP contribution in [-0.4, -0.2) is 19.2 Å². The second kappa shape index (κ2) is 5.32. The molecule has 0 spiro atoms. The number of rotatable bonds is 5. The van der Waals surface area contributed by atoms with Gasteiger partial charge in [-0.25, -0.2) is 0 Å². The van der Waals surface area contributed by atoms with E-state index < -0.39 is 0 Å². The van der Waals surface area contributed by atoms with Gasteiger partial charge in [0.15, 0.2) is 0 Å². The lowest BCUT2D eigenvalue weighted by Gasteiger charge is -2.23. The van der Waals surface area contributed by atoms with Crippen LogP contribution in [0.5, 0.6) is 5.75 Å². The predicted octanol–water partition coefficient (Wildman–Crippen LogP) is 2.08. The molecule has 3 heteroatoms. The van der Waals surface area contributed by atoms with Crippen LogP contribution in [0.1, 0.15) is 32.4 Å². The molecule has 0 aliphatic carbocycles. The van der Waals surface area contributed by atoms with E-state index in [0.29, 0.717) is 0 Å². The zero-order chi connectivity index (χ0) is 12.2. The van der Waals surface area contributed by atoms with E-state index in [1.807, 2.05) is 32.0 Å². The summed E-state index contributed by atoms with van der Waals surface area (Å²) in [6.45, 7) is 6.90. The molecule has 3 nitrogen and oxygen atoms in total. The summed E-state index contributed by atoms with van der Waals surface area (Å²) in [5, 5.41) is 3.41. The quantitative estimate of drug-likeness (QED) is 0.802. The molecule has 0 radical (unpaired) electrons. The molecule has 0 aliphatic rings. The fourth-order valence-electron chi connectivity index (χ4n) is 1.55. The highest BCUT2D eigenvalue weighted by Crippen LogP contribution is 2.24. The molecule has 1 atom stereocenters. The van der Waals surface area contributed by atoms with E-state index in [1.165, 1.54) is 0 Å². The van der Waals surface area contributed by atoms with Gasteiger partial charge in [-0.05, 0) is 26.8 Å². The lowest BCUT2D eigenvalue weighted by atomic mass is 10.0. The third kappa shape index (κ3) is 3.83. The van der Waals surface area contributed by atoms with Gasteiger partial charge < -0.3 is 15.8 Å². The molecule has 0 aliphatic heterocycles. The summed E-state index contributed by atoms with van der Waals surface area (Å²) >= 11 is 0. The van der Waals surface area contributed by atoms with Gasteiger partial charge in [0, 0.05) is 23.7 Å². The molecule has 1 aromatic rings. The SMILES string of the molecule is COc1ccccc1C(C)NCC(C)(C)N. The van der Waals surface area contributed by atoms with E-state index in [9.17, 15) is 0 Å². The lowest BCUT2D eigenvalue weighted by Crippen LogP contribution is -2.43. The summed E-state index contributed by atoms with van der Waals surface area (Å²) in [5.74, 6) is 0.914. The summed E-state index contributed by atoms with van der Waals surface area (Å²) in [6, 6.07) is 8.27. The van der Waals surface area contributed by atoms with Crippen LogP contribution in [0, 0.1) is 0 Å². The first-order valence-corrected chi connectivity index (χ1v) is 5.59. The molecule has 1 rings (SSSR count). The maximum atomic E-state index is 5.94. The van der Waals surface area contributed by atoms with Crippen LogP contribution in [0.2, 0.25) is 0 Å². The lowest BCUT2D eigenvalue weighted by molar-refractivity contribution is 0.392. The molecule has 90 valence electrons. The number of hydrogen-bond donors (Lipinski definition) is 2. The van der Waals surface area contributed by atoms with Gasteiger partial charge in [0.2, 0.25) is 0 Å². The summed E-state index contributed by atoms with van der Waals surface area (Å²) in [5.41, 5.74) is 6.90. The maximum Gasteiger partial charge on any atom is 0.123 e. The fraction of sp³-hybridized carbons (Fsp3) is 0.538. The molecule has 0 fully saturated rings. The molecule has 1 unspecified atom stereocenters. The van der Waals surface area contributed by atoms with Crippen LogP contribution in [0.25, 0.3) is 0 Å². The Hall–Kier alpha value is -1.06. The van der Waals surface area contributed by atoms with Crippen molar-refractivity contribution in [3.05, 3.63) is 29.8 Å². The number of nitrogens with one attached hydrogen (secondary N) is 1. The minimum absolute atomic E-state index is 0.198. The number of benzene rings is 1. The summed E-state index contributed by atoms with van der Waals surface area (Å²) in [6.07, 6.45) is 0. The topological polar surface area (TPSA) is 47.3 Å². The first-order valence-electron chi connectivity index (χ1n) is 5.59. The molecule has 0 bridgehead atoms. The highest BCUT2D eigenvalue weighted by Gasteiger charge is 2.15. The van der Waals surface area contributed by atoms with Gasteiger partial charge in [-0.3, -0.25) is 0 Å². The third-order valence-corrected chi connectivity index (χ3v) is 2.47.